The van der Waals surface area contributed by atoms with Gasteiger partial charge in [-0.25, -0.2) is 0 Å². The number of hydrogen-bond acceptors (Lipinski definition) is 3. The Labute approximate surface area is 116 Å². The van der Waals surface area contributed by atoms with E-state index >= 15 is 0 Å². The van der Waals surface area contributed by atoms with E-state index in [0.29, 0.717) is 6.04 Å². The van der Waals surface area contributed by atoms with E-state index < -0.39 is 0 Å². The molecular weight excluding hydrogens is 238 g/mol. The van der Waals surface area contributed by atoms with E-state index in [9.17, 15) is 0 Å². The second-order valence-corrected chi connectivity index (χ2v) is 5.52. The molecule has 1 N–H and O–H groups in total. The van der Waals surface area contributed by atoms with Gasteiger partial charge in [-0.3, -0.25) is 4.68 Å². The van der Waals surface area contributed by atoms with E-state index in [1.54, 1.807) is 7.11 Å². The average Bonchev–Trinajstić information content (AvgIpc) is 2.92. The summed E-state index contributed by atoms with van der Waals surface area (Å²) in [4.78, 5) is 0. The highest BCUT2D eigenvalue weighted by atomic mass is 16.5. The summed E-state index contributed by atoms with van der Waals surface area (Å²) in [5, 5.41) is 7.95. The maximum atomic E-state index is 5.03. The highest BCUT2D eigenvalue weighted by Gasteiger charge is 2.25. The van der Waals surface area contributed by atoms with E-state index in [1.165, 1.54) is 37.7 Å². The van der Waals surface area contributed by atoms with Crippen molar-refractivity contribution in [1.29, 1.82) is 0 Å². The van der Waals surface area contributed by atoms with Crippen molar-refractivity contribution in [2.24, 2.45) is 5.92 Å². The van der Waals surface area contributed by atoms with Crippen LogP contribution >= 0.6 is 0 Å². The summed E-state index contributed by atoms with van der Waals surface area (Å²) in [7, 11) is 1.73. The molecule has 1 aliphatic carbocycles. The third-order valence-corrected chi connectivity index (χ3v) is 4.20. The Bertz CT molecular complexity index is 364. The minimum atomic E-state index is 0.617. The molecule has 1 aliphatic rings. The lowest BCUT2D eigenvalue weighted by Gasteiger charge is -2.30. The van der Waals surface area contributed by atoms with E-state index in [-0.39, 0.29) is 0 Å². The van der Waals surface area contributed by atoms with Crippen LogP contribution in [0.1, 0.15) is 50.6 Å². The standard InChI is InChI=1S/C15H27N3O/c1-3-14-6-4-5-7-15(14)18-12-13(11-17-18)10-16-8-9-19-2/h11-12,14-16H,3-10H2,1-2H3. The van der Waals surface area contributed by atoms with Crippen LogP contribution in [0.4, 0.5) is 0 Å². The molecule has 4 nitrogen and oxygen atoms in total. The molecular formula is C15H27N3O. The highest BCUT2D eigenvalue weighted by molar-refractivity contribution is 5.04. The molecule has 0 aliphatic heterocycles. The molecule has 2 rings (SSSR count). The Kier molecular flexibility index (Phi) is 5.86. The fraction of sp³-hybridized carbons (Fsp3) is 0.800. The Morgan fingerprint density at radius 2 is 2.26 bits per heavy atom. The van der Waals surface area contributed by atoms with Gasteiger partial charge in [0.15, 0.2) is 0 Å². The minimum absolute atomic E-state index is 0.617. The number of rotatable bonds is 7. The first-order valence-corrected chi connectivity index (χ1v) is 7.57. The molecule has 0 aromatic carbocycles. The number of nitrogens with zero attached hydrogens (tertiary/aromatic N) is 2. The predicted octanol–water partition coefficient (Wildman–Crippen LogP) is 2.76. The number of ether oxygens (including phenoxy) is 1. The molecule has 1 heterocycles. The van der Waals surface area contributed by atoms with Crippen molar-refractivity contribution in [1.82, 2.24) is 15.1 Å². The van der Waals surface area contributed by atoms with Gasteiger partial charge in [-0.1, -0.05) is 26.2 Å². The Morgan fingerprint density at radius 3 is 3.05 bits per heavy atom. The summed E-state index contributed by atoms with van der Waals surface area (Å²) in [6.45, 7) is 4.84. The predicted molar refractivity (Wildman–Crippen MR) is 77.1 cm³/mol. The zero-order chi connectivity index (χ0) is 13.5. The van der Waals surface area contributed by atoms with Crippen LogP contribution in [0.5, 0.6) is 0 Å². The van der Waals surface area contributed by atoms with Gasteiger partial charge in [0.2, 0.25) is 0 Å². The summed E-state index contributed by atoms with van der Waals surface area (Å²) in [6.07, 6.45) is 10.9. The lowest BCUT2D eigenvalue weighted by molar-refractivity contribution is 0.199. The smallest absolute Gasteiger partial charge is 0.0587 e. The van der Waals surface area contributed by atoms with E-state index in [0.717, 1.165) is 25.6 Å². The van der Waals surface area contributed by atoms with Crippen LogP contribution in [0, 0.1) is 5.92 Å². The average molecular weight is 265 g/mol. The van der Waals surface area contributed by atoms with Gasteiger partial charge in [0, 0.05) is 32.0 Å². The largest absolute Gasteiger partial charge is 0.383 e. The second-order valence-electron chi connectivity index (χ2n) is 5.52. The molecule has 1 saturated carbocycles. The van der Waals surface area contributed by atoms with Crippen LogP contribution < -0.4 is 5.32 Å². The van der Waals surface area contributed by atoms with Gasteiger partial charge >= 0.3 is 0 Å². The summed E-state index contributed by atoms with van der Waals surface area (Å²) < 4.78 is 7.23. The van der Waals surface area contributed by atoms with Crippen molar-refractivity contribution >= 4 is 0 Å². The third kappa shape index (κ3) is 4.05. The first kappa shape index (κ1) is 14.5. The maximum absolute atomic E-state index is 5.03. The SMILES string of the molecule is CCC1CCCCC1n1cc(CNCCOC)cn1. The molecule has 1 aromatic heterocycles. The van der Waals surface area contributed by atoms with Crippen molar-refractivity contribution in [2.75, 3.05) is 20.3 Å². The lowest BCUT2D eigenvalue weighted by atomic mass is 9.83. The van der Waals surface area contributed by atoms with Gasteiger partial charge in [0.25, 0.3) is 0 Å². The lowest BCUT2D eigenvalue weighted by Crippen LogP contribution is -2.23. The molecule has 1 aromatic rings. The van der Waals surface area contributed by atoms with Crippen LogP contribution in [-0.4, -0.2) is 30.0 Å². The molecule has 4 heteroatoms. The first-order chi connectivity index (χ1) is 9.35. The fourth-order valence-corrected chi connectivity index (χ4v) is 3.07. The van der Waals surface area contributed by atoms with Crippen molar-refractivity contribution in [3.63, 3.8) is 0 Å². The van der Waals surface area contributed by atoms with Crippen LogP contribution in [0.15, 0.2) is 12.4 Å². The van der Waals surface area contributed by atoms with Gasteiger partial charge in [0.05, 0.1) is 18.8 Å². The van der Waals surface area contributed by atoms with Crippen LogP contribution in [0.2, 0.25) is 0 Å². The normalized spacial score (nSPS) is 23.7. The molecule has 2 atom stereocenters. The molecule has 19 heavy (non-hydrogen) atoms. The molecule has 0 spiro atoms. The van der Waals surface area contributed by atoms with Crippen LogP contribution in [-0.2, 0) is 11.3 Å². The van der Waals surface area contributed by atoms with Gasteiger partial charge in [-0.05, 0) is 18.8 Å². The molecule has 108 valence electrons. The molecule has 0 saturated heterocycles. The Hall–Kier alpha value is -0.870. The maximum Gasteiger partial charge on any atom is 0.0587 e. The summed E-state index contributed by atoms with van der Waals surface area (Å²) in [5.41, 5.74) is 1.27. The fourth-order valence-electron chi connectivity index (χ4n) is 3.07. The summed E-state index contributed by atoms with van der Waals surface area (Å²) in [5.74, 6) is 0.808. The summed E-state index contributed by atoms with van der Waals surface area (Å²) in [6, 6.07) is 0.617. The zero-order valence-corrected chi connectivity index (χ0v) is 12.3. The molecule has 0 radical (unpaired) electrons. The molecule has 1 fully saturated rings. The monoisotopic (exact) mass is 265 g/mol. The second kappa shape index (κ2) is 7.65. The number of methoxy groups -OCH3 is 1. The van der Waals surface area contributed by atoms with Crippen molar-refractivity contribution in [3.8, 4) is 0 Å². The van der Waals surface area contributed by atoms with Crippen molar-refractivity contribution in [3.05, 3.63) is 18.0 Å². The Morgan fingerprint density at radius 1 is 1.42 bits per heavy atom. The van der Waals surface area contributed by atoms with Gasteiger partial charge in [0.1, 0.15) is 0 Å². The molecule has 0 bridgehead atoms. The van der Waals surface area contributed by atoms with Gasteiger partial charge < -0.3 is 10.1 Å². The first-order valence-electron chi connectivity index (χ1n) is 7.57. The number of hydrogen-bond donors (Lipinski definition) is 1. The number of nitrogens with one attached hydrogen (secondary N) is 1. The van der Waals surface area contributed by atoms with Crippen molar-refractivity contribution in [2.45, 2.75) is 51.6 Å². The van der Waals surface area contributed by atoms with E-state index in [1.807, 2.05) is 6.20 Å². The molecule has 2 unspecified atom stereocenters. The van der Waals surface area contributed by atoms with Crippen molar-refractivity contribution < 1.29 is 4.74 Å². The number of aromatic nitrogens is 2. The van der Waals surface area contributed by atoms with Crippen LogP contribution in [0.25, 0.3) is 0 Å². The molecule has 0 amide bonds. The third-order valence-electron chi connectivity index (χ3n) is 4.20. The quantitative estimate of drug-likeness (QED) is 0.771. The minimum Gasteiger partial charge on any atom is -0.383 e. The van der Waals surface area contributed by atoms with E-state index in [2.05, 4.69) is 28.2 Å². The van der Waals surface area contributed by atoms with Gasteiger partial charge in [-0.15, -0.1) is 0 Å². The van der Waals surface area contributed by atoms with Gasteiger partial charge in [-0.2, -0.15) is 5.10 Å². The van der Waals surface area contributed by atoms with E-state index in [4.69, 9.17) is 4.74 Å². The Balaban J connectivity index is 1.88. The summed E-state index contributed by atoms with van der Waals surface area (Å²) >= 11 is 0. The zero-order valence-electron chi connectivity index (χ0n) is 12.3. The van der Waals surface area contributed by atoms with Crippen LogP contribution in [0.3, 0.4) is 0 Å². The highest BCUT2D eigenvalue weighted by Crippen LogP contribution is 2.35. The topological polar surface area (TPSA) is 39.1 Å².